The smallest absolute Gasteiger partial charge is 0.352 e. The van der Waals surface area contributed by atoms with Crippen molar-refractivity contribution in [1.29, 1.82) is 5.26 Å². The molecule has 1 aliphatic rings. The molecular weight excluding hydrogens is 408 g/mol. The molecule has 162 valence electrons. The van der Waals surface area contributed by atoms with E-state index in [0.29, 0.717) is 22.8 Å². The number of carbonyl (C=O) groups excluding carboxylic acids is 1. The summed E-state index contributed by atoms with van der Waals surface area (Å²) in [7, 11) is 0. The molecule has 1 aliphatic heterocycles. The van der Waals surface area contributed by atoms with E-state index in [1.165, 1.54) is 11.8 Å². The number of furan rings is 1. The second kappa shape index (κ2) is 8.90. The maximum absolute atomic E-state index is 12.5. The highest BCUT2D eigenvalue weighted by Gasteiger charge is 2.33. The van der Waals surface area contributed by atoms with Gasteiger partial charge in [0.1, 0.15) is 34.7 Å². The summed E-state index contributed by atoms with van der Waals surface area (Å²) in [4.78, 5) is 12.5. The Hall–Kier alpha value is -4.18. The molecular formula is C25H22N2O5. The van der Waals surface area contributed by atoms with Crippen LogP contribution in [0.15, 0.2) is 76.7 Å². The summed E-state index contributed by atoms with van der Waals surface area (Å²) >= 11 is 0. The number of nitrogens with two attached hydrogens (primary N) is 1. The molecule has 2 aromatic carbocycles. The minimum absolute atomic E-state index is 0.0166. The van der Waals surface area contributed by atoms with Crippen LogP contribution in [0.4, 0.5) is 0 Å². The quantitative estimate of drug-likeness (QED) is 0.455. The van der Waals surface area contributed by atoms with Crippen molar-refractivity contribution in [2.75, 3.05) is 0 Å². The Morgan fingerprint density at radius 2 is 1.94 bits per heavy atom. The van der Waals surface area contributed by atoms with Gasteiger partial charge in [-0.3, -0.25) is 0 Å². The fraction of sp³-hybridized carbons (Fsp3) is 0.200. The van der Waals surface area contributed by atoms with Crippen molar-refractivity contribution in [1.82, 2.24) is 0 Å². The van der Waals surface area contributed by atoms with Gasteiger partial charge in [0.25, 0.3) is 0 Å². The first-order valence-electron chi connectivity index (χ1n) is 10.2. The topological polar surface area (TPSA) is 108 Å². The summed E-state index contributed by atoms with van der Waals surface area (Å²) in [5.74, 6) is 0.741. The van der Waals surface area contributed by atoms with Crippen molar-refractivity contribution < 1.29 is 23.4 Å². The number of allylic oxidation sites excluding steroid dienone is 1. The fourth-order valence-corrected chi connectivity index (χ4v) is 3.50. The van der Waals surface area contributed by atoms with Crippen LogP contribution in [0.5, 0.6) is 17.2 Å². The van der Waals surface area contributed by atoms with Crippen LogP contribution >= 0.6 is 0 Å². The Bertz CT molecular complexity index is 1190. The Morgan fingerprint density at radius 3 is 2.59 bits per heavy atom. The minimum Gasteiger partial charge on any atom is -0.479 e. The number of nitriles is 1. The van der Waals surface area contributed by atoms with Crippen molar-refractivity contribution >= 4 is 5.97 Å². The zero-order chi connectivity index (χ0) is 22.7. The van der Waals surface area contributed by atoms with E-state index < -0.39 is 18.0 Å². The van der Waals surface area contributed by atoms with Crippen LogP contribution < -0.4 is 19.9 Å². The van der Waals surface area contributed by atoms with Gasteiger partial charge in [0.15, 0.2) is 6.10 Å². The van der Waals surface area contributed by atoms with Crippen LogP contribution in [0.2, 0.25) is 0 Å². The molecule has 0 saturated heterocycles. The highest BCUT2D eigenvalue weighted by Crippen LogP contribution is 2.43. The molecule has 7 nitrogen and oxygen atoms in total. The highest BCUT2D eigenvalue weighted by molar-refractivity contribution is 5.77. The molecule has 2 heterocycles. The fourth-order valence-electron chi connectivity index (χ4n) is 3.50. The van der Waals surface area contributed by atoms with Crippen LogP contribution in [0.25, 0.3) is 0 Å². The molecule has 2 atom stereocenters. The van der Waals surface area contributed by atoms with E-state index in [-0.39, 0.29) is 17.2 Å². The summed E-state index contributed by atoms with van der Waals surface area (Å²) in [5.41, 5.74) is 8.10. The van der Waals surface area contributed by atoms with Gasteiger partial charge in [-0.05, 0) is 49.2 Å². The van der Waals surface area contributed by atoms with E-state index in [0.717, 1.165) is 6.42 Å². The summed E-state index contributed by atoms with van der Waals surface area (Å²) in [6, 6.07) is 18.1. The van der Waals surface area contributed by atoms with Gasteiger partial charge in [-0.25, -0.2) is 4.79 Å². The third-order valence-corrected chi connectivity index (χ3v) is 5.21. The monoisotopic (exact) mass is 430 g/mol. The van der Waals surface area contributed by atoms with Gasteiger partial charge in [0.2, 0.25) is 5.88 Å². The first-order chi connectivity index (χ1) is 15.5. The number of esters is 1. The van der Waals surface area contributed by atoms with Crippen LogP contribution in [-0.2, 0) is 11.2 Å². The second-order valence-electron chi connectivity index (χ2n) is 7.32. The van der Waals surface area contributed by atoms with Gasteiger partial charge in [-0.2, -0.15) is 5.26 Å². The Kier molecular flexibility index (Phi) is 5.86. The van der Waals surface area contributed by atoms with Gasteiger partial charge < -0.3 is 24.4 Å². The SMILES string of the molecule is CCc1ccc(OC(C)C(=O)Oc2ccc3c(c2)OC(N)=C(C#N)C3c2ccco2)cc1. The van der Waals surface area contributed by atoms with Crippen LogP contribution in [-0.4, -0.2) is 12.1 Å². The van der Waals surface area contributed by atoms with E-state index in [9.17, 15) is 10.1 Å². The second-order valence-corrected chi connectivity index (χ2v) is 7.32. The number of hydrogen-bond donors (Lipinski definition) is 1. The standard InChI is InChI=1S/C25H22N2O5/c1-3-16-6-8-17(9-7-16)30-15(2)25(28)31-18-10-11-19-22(13-18)32-24(27)20(14-26)23(19)21-5-4-12-29-21/h4-13,15,23H,3,27H2,1-2H3. The van der Waals surface area contributed by atoms with Crippen molar-refractivity contribution in [3.8, 4) is 23.3 Å². The largest absolute Gasteiger partial charge is 0.479 e. The van der Waals surface area contributed by atoms with Gasteiger partial charge in [-0.1, -0.05) is 25.1 Å². The zero-order valence-electron chi connectivity index (χ0n) is 17.7. The lowest BCUT2D eigenvalue weighted by molar-refractivity contribution is -0.141. The molecule has 0 spiro atoms. The van der Waals surface area contributed by atoms with Gasteiger partial charge in [0.05, 0.1) is 12.2 Å². The number of benzene rings is 2. The molecule has 2 N–H and O–H groups in total. The number of aryl methyl sites for hydroxylation is 1. The average molecular weight is 430 g/mol. The molecule has 0 fully saturated rings. The molecule has 0 saturated carbocycles. The van der Waals surface area contributed by atoms with Gasteiger partial charge in [-0.15, -0.1) is 0 Å². The van der Waals surface area contributed by atoms with Crippen molar-refractivity contribution in [2.45, 2.75) is 32.3 Å². The van der Waals surface area contributed by atoms with Gasteiger partial charge in [0, 0.05) is 11.6 Å². The average Bonchev–Trinajstić information content (AvgIpc) is 3.33. The molecule has 0 amide bonds. The number of fused-ring (bicyclic) bond motifs is 1. The maximum Gasteiger partial charge on any atom is 0.352 e. The minimum atomic E-state index is -0.814. The maximum atomic E-state index is 12.5. The lowest BCUT2D eigenvalue weighted by atomic mass is 9.87. The summed E-state index contributed by atoms with van der Waals surface area (Å²) in [6.07, 6.45) is 1.64. The summed E-state index contributed by atoms with van der Waals surface area (Å²) in [5, 5.41) is 9.55. The predicted octanol–water partition coefficient (Wildman–Crippen LogP) is 4.43. The summed E-state index contributed by atoms with van der Waals surface area (Å²) < 4.78 is 22.3. The first-order valence-corrected chi connectivity index (χ1v) is 10.2. The lowest BCUT2D eigenvalue weighted by Crippen LogP contribution is -2.28. The van der Waals surface area contributed by atoms with E-state index >= 15 is 0 Å². The zero-order valence-corrected chi connectivity index (χ0v) is 17.7. The molecule has 0 bridgehead atoms. The van der Waals surface area contributed by atoms with E-state index in [2.05, 4.69) is 13.0 Å². The number of rotatable bonds is 6. The number of ether oxygens (including phenoxy) is 3. The third-order valence-electron chi connectivity index (χ3n) is 5.21. The Labute approximate surface area is 185 Å². The predicted molar refractivity (Wildman–Crippen MR) is 116 cm³/mol. The van der Waals surface area contributed by atoms with E-state index in [4.69, 9.17) is 24.4 Å². The Morgan fingerprint density at radius 1 is 1.19 bits per heavy atom. The number of nitrogens with zero attached hydrogens (tertiary/aromatic N) is 1. The molecule has 32 heavy (non-hydrogen) atoms. The molecule has 0 radical (unpaired) electrons. The van der Waals surface area contributed by atoms with Crippen molar-refractivity contribution in [3.63, 3.8) is 0 Å². The Balaban J connectivity index is 1.51. The number of hydrogen-bond acceptors (Lipinski definition) is 7. The molecule has 2 unspecified atom stereocenters. The van der Waals surface area contributed by atoms with Crippen LogP contribution in [0.1, 0.15) is 36.7 Å². The highest BCUT2D eigenvalue weighted by atomic mass is 16.6. The molecule has 1 aromatic heterocycles. The molecule has 7 heteroatoms. The molecule has 3 aromatic rings. The number of carbonyl (C=O) groups is 1. The van der Waals surface area contributed by atoms with Crippen LogP contribution in [0.3, 0.4) is 0 Å². The van der Waals surface area contributed by atoms with Gasteiger partial charge >= 0.3 is 5.97 Å². The van der Waals surface area contributed by atoms with Crippen molar-refractivity contribution in [2.24, 2.45) is 5.73 Å². The van der Waals surface area contributed by atoms with E-state index in [1.54, 1.807) is 37.3 Å². The summed E-state index contributed by atoms with van der Waals surface area (Å²) in [6.45, 7) is 3.69. The van der Waals surface area contributed by atoms with E-state index in [1.807, 2.05) is 24.3 Å². The van der Waals surface area contributed by atoms with Crippen molar-refractivity contribution in [3.05, 3.63) is 89.2 Å². The molecule has 4 rings (SSSR count). The third kappa shape index (κ3) is 4.16. The lowest BCUT2D eigenvalue weighted by Gasteiger charge is -2.25. The normalized spacial score (nSPS) is 15.8. The van der Waals surface area contributed by atoms with Crippen LogP contribution in [0, 0.1) is 11.3 Å². The molecule has 0 aliphatic carbocycles. The first kappa shape index (κ1) is 21.1.